The van der Waals surface area contributed by atoms with E-state index in [0.717, 1.165) is 34.2 Å². The van der Waals surface area contributed by atoms with E-state index < -0.39 is 0 Å². The van der Waals surface area contributed by atoms with E-state index in [0.29, 0.717) is 12.2 Å². The first-order valence-corrected chi connectivity index (χ1v) is 9.84. The van der Waals surface area contributed by atoms with Gasteiger partial charge in [-0.1, -0.05) is 28.4 Å². The fourth-order valence-electron chi connectivity index (χ4n) is 3.63. The van der Waals surface area contributed by atoms with Gasteiger partial charge in [0.15, 0.2) is 0 Å². The van der Waals surface area contributed by atoms with Crippen LogP contribution in [0.25, 0.3) is 10.9 Å². The molecule has 1 aliphatic heterocycles. The van der Waals surface area contributed by atoms with E-state index in [1.54, 1.807) is 6.26 Å². The highest BCUT2D eigenvalue weighted by Gasteiger charge is 2.25. The SMILES string of the molecule is O=C(NCC(c1ccco1)N1CCCCC1)c1cc2ccc(Br)cc2[nH]1. The Balaban J connectivity index is 1.48. The van der Waals surface area contributed by atoms with Gasteiger partial charge in [0.1, 0.15) is 11.5 Å². The summed E-state index contributed by atoms with van der Waals surface area (Å²) >= 11 is 3.46. The molecular formula is C20H22BrN3O2. The van der Waals surface area contributed by atoms with Gasteiger partial charge in [0.05, 0.1) is 12.3 Å². The maximum absolute atomic E-state index is 12.7. The first-order valence-electron chi connectivity index (χ1n) is 9.04. The van der Waals surface area contributed by atoms with E-state index in [-0.39, 0.29) is 11.9 Å². The molecule has 4 rings (SSSR count). The van der Waals surface area contributed by atoms with Crippen molar-refractivity contribution in [2.24, 2.45) is 0 Å². The molecule has 1 aliphatic rings. The number of benzene rings is 1. The number of hydrogen-bond donors (Lipinski definition) is 2. The summed E-state index contributed by atoms with van der Waals surface area (Å²) in [6, 6.07) is 11.8. The highest BCUT2D eigenvalue weighted by atomic mass is 79.9. The van der Waals surface area contributed by atoms with Gasteiger partial charge in [-0.3, -0.25) is 9.69 Å². The number of furan rings is 1. The lowest BCUT2D eigenvalue weighted by Crippen LogP contribution is -2.40. The molecule has 1 saturated heterocycles. The van der Waals surface area contributed by atoms with Crippen molar-refractivity contribution in [3.05, 3.63) is 58.6 Å². The molecule has 3 aromatic rings. The van der Waals surface area contributed by atoms with Gasteiger partial charge in [-0.25, -0.2) is 0 Å². The molecule has 5 nitrogen and oxygen atoms in total. The van der Waals surface area contributed by atoms with Crippen molar-refractivity contribution < 1.29 is 9.21 Å². The van der Waals surface area contributed by atoms with Crippen LogP contribution in [0, 0.1) is 0 Å². The number of nitrogens with zero attached hydrogens (tertiary/aromatic N) is 1. The van der Waals surface area contributed by atoms with Crippen LogP contribution >= 0.6 is 15.9 Å². The third-order valence-electron chi connectivity index (χ3n) is 4.99. The van der Waals surface area contributed by atoms with Gasteiger partial charge in [0.2, 0.25) is 0 Å². The van der Waals surface area contributed by atoms with Crippen LogP contribution in [-0.2, 0) is 0 Å². The number of H-pyrrole nitrogens is 1. The van der Waals surface area contributed by atoms with E-state index in [2.05, 4.69) is 31.1 Å². The number of aromatic nitrogens is 1. The first-order chi connectivity index (χ1) is 12.7. The average molecular weight is 416 g/mol. The van der Waals surface area contributed by atoms with Crippen molar-refractivity contribution in [1.82, 2.24) is 15.2 Å². The number of nitrogens with one attached hydrogen (secondary N) is 2. The molecule has 0 aliphatic carbocycles. The topological polar surface area (TPSA) is 61.3 Å². The molecule has 3 heterocycles. The Bertz CT molecular complexity index is 882. The third-order valence-corrected chi connectivity index (χ3v) is 5.48. The largest absolute Gasteiger partial charge is 0.468 e. The van der Waals surface area contributed by atoms with Gasteiger partial charge in [0, 0.05) is 21.9 Å². The Kier molecular flexibility index (Phi) is 5.13. The van der Waals surface area contributed by atoms with Crippen molar-refractivity contribution in [3.8, 4) is 0 Å². The van der Waals surface area contributed by atoms with Gasteiger partial charge in [-0.15, -0.1) is 0 Å². The molecule has 6 heteroatoms. The zero-order valence-electron chi connectivity index (χ0n) is 14.5. The number of carbonyl (C=O) groups is 1. The summed E-state index contributed by atoms with van der Waals surface area (Å²) in [5.41, 5.74) is 1.53. The lowest BCUT2D eigenvalue weighted by atomic mass is 10.1. The predicted molar refractivity (Wildman–Crippen MR) is 105 cm³/mol. The summed E-state index contributed by atoms with van der Waals surface area (Å²) in [6.07, 6.45) is 5.37. The lowest BCUT2D eigenvalue weighted by Gasteiger charge is -2.33. The van der Waals surface area contributed by atoms with Crippen LogP contribution in [0.2, 0.25) is 0 Å². The van der Waals surface area contributed by atoms with Gasteiger partial charge in [0.25, 0.3) is 5.91 Å². The fourth-order valence-corrected chi connectivity index (χ4v) is 3.99. The second-order valence-corrected chi connectivity index (χ2v) is 7.67. The molecule has 0 radical (unpaired) electrons. The van der Waals surface area contributed by atoms with Crippen LogP contribution in [0.1, 0.15) is 41.6 Å². The van der Waals surface area contributed by atoms with E-state index in [9.17, 15) is 4.79 Å². The van der Waals surface area contributed by atoms with Crippen LogP contribution in [0.4, 0.5) is 0 Å². The highest BCUT2D eigenvalue weighted by Crippen LogP contribution is 2.25. The van der Waals surface area contributed by atoms with Gasteiger partial charge >= 0.3 is 0 Å². The van der Waals surface area contributed by atoms with E-state index in [4.69, 9.17) is 4.42 Å². The first kappa shape index (κ1) is 17.4. The minimum absolute atomic E-state index is 0.0766. The number of fused-ring (bicyclic) bond motifs is 1. The maximum atomic E-state index is 12.7. The number of carbonyl (C=O) groups excluding carboxylic acids is 1. The second-order valence-electron chi connectivity index (χ2n) is 6.75. The minimum atomic E-state index is -0.0918. The maximum Gasteiger partial charge on any atom is 0.267 e. The molecule has 1 aromatic carbocycles. The molecule has 2 aromatic heterocycles. The van der Waals surface area contributed by atoms with E-state index in [1.165, 1.54) is 19.3 Å². The zero-order valence-corrected chi connectivity index (χ0v) is 16.1. The Labute approximate surface area is 160 Å². The summed E-state index contributed by atoms with van der Waals surface area (Å²) in [4.78, 5) is 18.3. The second kappa shape index (κ2) is 7.68. The lowest BCUT2D eigenvalue weighted by molar-refractivity contribution is 0.0910. The average Bonchev–Trinajstić information content (AvgIpc) is 3.32. The molecule has 1 fully saturated rings. The van der Waals surface area contributed by atoms with E-state index >= 15 is 0 Å². The summed E-state index contributed by atoms with van der Waals surface area (Å²) in [7, 11) is 0. The normalized spacial score (nSPS) is 16.7. The van der Waals surface area contributed by atoms with Crippen molar-refractivity contribution in [3.63, 3.8) is 0 Å². The van der Waals surface area contributed by atoms with Crippen molar-refractivity contribution in [1.29, 1.82) is 0 Å². The van der Waals surface area contributed by atoms with Gasteiger partial charge < -0.3 is 14.7 Å². The Morgan fingerprint density at radius 3 is 2.85 bits per heavy atom. The molecule has 136 valence electrons. The number of hydrogen-bond acceptors (Lipinski definition) is 3. The molecule has 0 bridgehead atoms. The molecule has 0 spiro atoms. The number of halogens is 1. The quantitative estimate of drug-likeness (QED) is 0.645. The predicted octanol–water partition coefficient (Wildman–Crippen LogP) is 4.48. The monoisotopic (exact) mass is 415 g/mol. The minimum Gasteiger partial charge on any atom is -0.468 e. The molecule has 2 N–H and O–H groups in total. The highest BCUT2D eigenvalue weighted by molar-refractivity contribution is 9.10. The molecule has 1 unspecified atom stereocenters. The molecule has 0 saturated carbocycles. The van der Waals surface area contributed by atoms with Crippen molar-refractivity contribution in [2.75, 3.05) is 19.6 Å². The van der Waals surface area contributed by atoms with Crippen LogP contribution in [0.15, 0.2) is 51.6 Å². The fraction of sp³-hybridized carbons (Fsp3) is 0.350. The number of amides is 1. The Morgan fingerprint density at radius 2 is 2.08 bits per heavy atom. The van der Waals surface area contributed by atoms with E-state index in [1.807, 2.05) is 36.4 Å². The van der Waals surface area contributed by atoms with Crippen LogP contribution in [-0.4, -0.2) is 35.4 Å². The molecule has 26 heavy (non-hydrogen) atoms. The Morgan fingerprint density at radius 1 is 1.23 bits per heavy atom. The number of likely N-dealkylation sites (tertiary alicyclic amines) is 1. The zero-order chi connectivity index (χ0) is 17.9. The van der Waals surface area contributed by atoms with Crippen LogP contribution in [0.5, 0.6) is 0 Å². The Hall–Kier alpha value is -2.05. The molecule has 1 amide bonds. The van der Waals surface area contributed by atoms with Gasteiger partial charge in [-0.2, -0.15) is 0 Å². The molecular weight excluding hydrogens is 394 g/mol. The smallest absolute Gasteiger partial charge is 0.267 e. The summed E-state index contributed by atoms with van der Waals surface area (Å²) in [5.74, 6) is 0.818. The number of rotatable bonds is 5. The summed E-state index contributed by atoms with van der Waals surface area (Å²) in [5, 5.41) is 4.10. The van der Waals surface area contributed by atoms with Crippen LogP contribution < -0.4 is 5.32 Å². The summed E-state index contributed by atoms with van der Waals surface area (Å²) in [6.45, 7) is 2.62. The number of piperidine rings is 1. The van der Waals surface area contributed by atoms with Crippen molar-refractivity contribution in [2.45, 2.75) is 25.3 Å². The van der Waals surface area contributed by atoms with Crippen LogP contribution in [0.3, 0.4) is 0 Å². The standard InChI is InChI=1S/C20H22BrN3O2/c21-15-7-6-14-11-17(23-16(14)12-15)20(25)22-13-18(19-5-4-10-26-19)24-8-2-1-3-9-24/h4-7,10-12,18,23H,1-3,8-9,13H2,(H,22,25). The molecule has 1 atom stereocenters. The van der Waals surface area contributed by atoms with Gasteiger partial charge in [-0.05, 0) is 56.3 Å². The van der Waals surface area contributed by atoms with Crippen molar-refractivity contribution >= 4 is 32.7 Å². The number of aromatic amines is 1. The third kappa shape index (κ3) is 3.71. The summed E-state index contributed by atoms with van der Waals surface area (Å²) < 4.78 is 6.63.